The van der Waals surface area contributed by atoms with Crippen LogP contribution in [-0.2, 0) is 4.79 Å². The molecule has 2 amide bonds. The lowest BCUT2D eigenvalue weighted by atomic mass is 10.1. The molecule has 1 aromatic heterocycles. The third-order valence-electron chi connectivity index (χ3n) is 7.36. The van der Waals surface area contributed by atoms with Crippen molar-refractivity contribution in [3.8, 4) is 0 Å². The minimum absolute atomic E-state index is 0.0222. The van der Waals surface area contributed by atoms with Gasteiger partial charge < -0.3 is 10.6 Å². The van der Waals surface area contributed by atoms with Gasteiger partial charge in [-0.05, 0) is 67.1 Å². The topological polar surface area (TPSA) is 80.2 Å². The van der Waals surface area contributed by atoms with Gasteiger partial charge in [-0.15, -0.1) is 11.8 Å². The highest BCUT2D eigenvalue weighted by Crippen LogP contribution is 2.33. The Hall–Kier alpha value is -4.82. The van der Waals surface area contributed by atoms with Crippen LogP contribution in [0.2, 0.25) is 10.0 Å². The van der Waals surface area contributed by atoms with Crippen molar-refractivity contribution in [2.24, 2.45) is 0 Å². The van der Waals surface area contributed by atoms with E-state index >= 15 is 0 Å². The number of rotatable bonds is 8. The summed E-state index contributed by atoms with van der Waals surface area (Å²) in [6, 6.07) is 36.6. The van der Waals surface area contributed by atoms with Gasteiger partial charge in [0.05, 0.1) is 26.3 Å². The summed E-state index contributed by atoms with van der Waals surface area (Å²) < 4.78 is 1.78. The molecule has 0 aliphatic carbocycles. The summed E-state index contributed by atoms with van der Waals surface area (Å²) in [5.74, 6) is -1.07. The molecule has 0 saturated carbocycles. The first-order valence-electron chi connectivity index (χ1n) is 14.4. The molecule has 1 heterocycles. The number of amides is 2. The van der Waals surface area contributed by atoms with Crippen LogP contribution in [0.15, 0.2) is 132 Å². The largest absolute Gasteiger partial charge is 0.321 e. The highest BCUT2D eigenvalue weighted by Gasteiger charge is 2.22. The van der Waals surface area contributed by atoms with Crippen molar-refractivity contribution in [1.29, 1.82) is 0 Å². The Morgan fingerprint density at radius 2 is 1.39 bits per heavy atom. The third kappa shape index (κ3) is 6.58. The van der Waals surface area contributed by atoms with Gasteiger partial charge >= 0.3 is 0 Å². The zero-order chi connectivity index (χ0) is 32.2. The van der Waals surface area contributed by atoms with Crippen molar-refractivity contribution in [1.82, 2.24) is 9.88 Å². The fraction of sp³-hybridized carbons (Fsp3) is 0.0541. The van der Waals surface area contributed by atoms with Crippen molar-refractivity contribution in [3.05, 3.63) is 148 Å². The Morgan fingerprint density at radius 3 is 2.09 bits per heavy atom. The molecule has 0 radical (unpaired) electrons. The molecule has 0 bridgehead atoms. The molecule has 1 atom stereocenters. The lowest BCUT2D eigenvalue weighted by Crippen LogP contribution is -2.30. The molecule has 0 spiro atoms. The first kappa shape index (κ1) is 31.2. The van der Waals surface area contributed by atoms with Crippen LogP contribution in [0.1, 0.15) is 27.6 Å². The number of carbonyl (C=O) groups is 3. The van der Waals surface area contributed by atoms with Gasteiger partial charge in [0.2, 0.25) is 5.91 Å². The van der Waals surface area contributed by atoms with E-state index in [4.69, 9.17) is 23.2 Å². The van der Waals surface area contributed by atoms with Crippen molar-refractivity contribution >= 4 is 86.3 Å². The van der Waals surface area contributed by atoms with Gasteiger partial charge in [-0.1, -0.05) is 96.0 Å². The normalized spacial score (nSPS) is 12.2. The summed E-state index contributed by atoms with van der Waals surface area (Å²) in [6.45, 7) is 1.87. The average Bonchev–Trinajstić information content (AvgIpc) is 3.41. The molecule has 9 heteroatoms. The molecule has 6 aromatic rings. The maximum absolute atomic E-state index is 13.8. The van der Waals surface area contributed by atoms with Gasteiger partial charge in [-0.25, -0.2) is 0 Å². The highest BCUT2D eigenvalue weighted by atomic mass is 35.5. The second-order valence-corrected chi connectivity index (χ2v) is 12.7. The van der Waals surface area contributed by atoms with E-state index in [1.54, 1.807) is 71.3 Å². The van der Waals surface area contributed by atoms with Gasteiger partial charge in [-0.2, -0.15) is 0 Å². The first-order valence-corrected chi connectivity index (χ1v) is 16.1. The summed E-state index contributed by atoms with van der Waals surface area (Å²) in [5.41, 5.74) is 3.04. The van der Waals surface area contributed by atoms with E-state index in [1.807, 2.05) is 61.5 Å². The van der Waals surface area contributed by atoms with E-state index < -0.39 is 17.1 Å². The summed E-state index contributed by atoms with van der Waals surface area (Å²) in [4.78, 5) is 41.2. The monoisotopic (exact) mass is 663 g/mol. The molecule has 0 saturated heterocycles. The predicted molar refractivity (Wildman–Crippen MR) is 189 cm³/mol. The van der Waals surface area contributed by atoms with E-state index in [1.165, 1.54) is 17.8 Å². The van der Waals surface area contributed by atoms with Crippen LogP contribution < -0.4 is 10.6 Å². The molecule has 0 aliphatic rings. The number of para-hydroxylation sites is 2. The first-order chi connectivity index (χ1) is 22.3. The van der Waals surface area contributed by atoms with Gasteiger partial charge in [0.1, 0.15) is 5.70 Å². The van der Waals surface area contributed by atoms with Gasteiger partial charge in [0.25, 0.3) is 11.8 Å². The van der Waals surface area contributed by atoms with Crippen LogP contribution in [0.3, 0.4) is 0 Å². The second kappa shape index (κ2) is 13.7. The molecule has 1 unspecified atom stereocenters. The molecule has 5 aromatic carbocycles. The number of hydrogen-bond acceptors (Lipinski definition) is 4. The molecule has 0 fully saturated rings. The van der Waals surface area contributed by atoms with Gasteiger partial charge in [0.15, 0.2) is 0 Å². The molecule has 228 valence electrons. The summed E-state index contributed by atoms with van der Waals surface area (Å²) in [5, 5.41) is 7.77. The lowest BCUT2D eigenvalue weighted by Gasteiger charge is -2.15. The van der Waals surface area contributed by atoms with Crippen LogP contribution in [0.25, 0.3) is 27.9 Å². The van der Waals surface area contributed by atoms with Crippen molar-refractivity contribution in [2.75, 3.05) is 5.32 Å². The van der Waals surface area contributed by atoms with Crippen LogP contribution in [0.5, 0.6) is 0 Å². The molecular formula is C37H27Cl2N3O3S. The van der Waals surface area contributed by atoms with Crippen LogP contribution in [-0.4, -0.2) is 27.5 Å². The molecule has 6 nitrogen and oxygen atoms in total. The minimum Gasteiger partial charge on any atom is -0.321 e. The Balaban J connectivity index is 1.24. The number of carbonyl (C=O) groups excluding carboxylic acids is 3. The zero-order valence-electron chi connectivity index (χ0n) is 24.5. The third-order valence-corrected chi connectivity index (χ3v) is 9.28. The zero-order valence-corrected chi connectivity index (χ0v) is 26.9. The maximum Gasteiger partial charge on any atom is 0.272 e. The maximum atomic E-state index is 13.8. The Morgan fingerprint density at radius 1 is 0.761 bits per heavy atom. The van der Waals surface area contributed by atoms with Crippen molar-refractivity contribution < 1.29 is 14.4 Å². The Kier molecular flexibility index (Phi) is 9.26. The molecule has 46 heavy (non-hydrogen) atoms. The second-order valence-electron chi connectivity index (χ2n) is 10.5. The van der Waals surface area contributed by atoms with E-state index in [0.29, 0.717) is 21.8 Å². The lowest BCUT2D eigenvalue weighted by molar-refractivity contribution is -0.113. The number of nitrogens with zero attached hydrogens (tertiary/aromatic N) is 1. The SMILES string of the molecule is CC(Sc1cccc(NC(=O)/C(=C\c2cccc(Cl)c2Cl)NC(=O)c2ccccc2)c1)C(=O)n1c2ccccc2c2ccccc21. The van der Waals surface area contributed by atoms with E-state index in [2.05, 4.69) is 10.6 Å². The van der Waals surface area contributed by atoms with E-state index in [-0.39, 0.29) is 16.6 Å². The smallest absolute Gasteiger partial charge is 0.272 e. The van der Waals surface area contributed by atoms with E-state index in [0.717, 1.165) is 26.7 Å². The summed E-state index contributed by atoms with van der Waals surface area (Å²) in [7, 11) is 0. The molecule has 0 aliphatic heterocycles. The number of anilines is 1. The Bertz CT molecular complexity index is 2090. The minimum atomic E-state index is -0.558. The highest BCUT2D eigenvalue weighted by molar-refractivity contribution is 8.00. The number of benzene rings is 5. The van der Waals surface area contributed by atoms with Gasteiger partial charge in [0, 0.05) is 26.9 Å². The molecule has 2 N–H and O–H groups in total. The number of fused-ring (bicyclic) bond motifs is 3. The average molecular weight is 665 g/mol. The number of hydrogen-bond donors (Lipinski definition) is 2. The summed E-state index contributed by atoms with van der Waals surface area (Å²) in [6.07, 6.45) is 1.48. The van der Waals surface area contributed by atoms with Crippen LogP contribution in [0, 0.1) is 0 Å². The fourth-order valence-electron chi connectivity index (χ4n) is 5.17. The van der Waals surface area contributed by atoms with E-state index in [9.17, 15) is 14.4 Å². The van der Waals surface area contributed by atoms with Crippen LogP contribution in [0.4, 0.5) is 5.69 Å². The van der Waals surface area contributed by atoms with Gasteiger partial charge in [-0.3, -0.25) is 19.0 Å². The van der Waals surface area contributed by atoms with Crippen molar-refractivity contribution in [2.45, 2.75) is 17.1 Å². The summed E-state index contributed by atoms with van der Waals surface area (Å²) >= 11 is 14.0. The quantitative estimate of drug-likeness (QED) is 0.126. The number of halogens is 2. The van der Waals surface area contributed by atoms with Crippen LogP contribution >= 0.6 is 35.0 Å². The predicted octanol–water partition coefficient (Wildman–Crippen LogP) is 9.33. The fourth-order valence-corrected chi connectivity index (χ4v) is 6.50. The number of aromatic nitrogens is 1. The number of nitrogens with one attached hydrogen (secondary N) is 2. The molecular weight excluding hydrogens is 637 g/mol. The number of thioether (sulfide) groups is 1. The van der Waals surface area contributed by atoms with Crippen molar-refractivity contribution in [3.63, 3.8) is 0 Å². The standard InChI is InChI=1S/C37H27Cl2N3O3S/c1-23(37(45)42-32-19-7-5-16-28(32)29-17-6-8-20-33(29)42)46-27-15-10-14-26(22-27)40-36(44)31(21-25-13-9-18-30(38)34(25)39)41-35(43)24-11-3-2-4-12-24/h2-23H,1H3,(H,40,44)(H,41,43)/b31-21+. The Labute approximate surface area is 280 Å². The molecule has 6 rings (SSSR count).